The van der Waals surface area contributed by atoms with E-state index < -0.39 is 5.54 Å². The molecule has 1 radical (unpaired) electrons. The summed E-state index contributed by atoms with van der Waals surface area (Å²) in [5.41, 5.74) is 3.84. The van der Waals surface area contributed by atoms with Gasteiger partial charge in [-0.2, -0.15) is 0 Å². The topological polar surface area (TPSA) is 43.5 Å². The van der Waals surface area contributed by atoms with Crippen molar-refractivity contribution in [2.24, 2.45) is 4.99 Å². The van der Waals surface area contributed by atoms with Gasteiger partial charge in [-0.05, 0) is 23.4 Å². The fourth-order valence-electron chi connectivity index (χ4n) is 4.13. The summed E-state index contributed by atoms with van der Waals surface area (Å²) >= 11 is 0. The van der Waals surface area contributed by atoms with Crippen LogP contribution in [-0.4, -0.2) is 17.8 Å². The molecule has 149 valence electrons. The Labute approximate surface area is 178 Å². The Balaban J connectivity index is 1.45. The third-order valence-corrected chi connectivity index (χ3v) is 5.64. The van der Waals surface area contributed by atoms with Gasteiger partial charge in [0.05, 0.1) is 0 Å². The minimum absolute atomic E-state index is 0.293. The van der Waals surface area contributed by atoms with E-state index in [-0.39, 0.29) is 0 Å². The number of hydrogen-bond donors (Lipinski definition) is 0. The SMILES string of the molecule is O=C(CCCCC1(c2ccccc2)[N+]=CN=C1c1ccccc1)Cc1ccccc1. The normalized spacial score (nSPS) is 17.7. The van der Waals surface area contributed by atoms with Crippen molar-refractivity contribution in [3.8, 4) is 0 Å². The van der Waals surface area contributed by atoms with Crippen LogP contribution in [0.5, 0.6) is 0 Å². The van der Waals surface area contributed by atoms with Crippen LogP contribution < -0.4 is 4.99 Å². The van der Waals surface area contributed by atoms with Gasteiger partial charge in [0, 0.05) is 30.4 Å². The lowest BCUT2D eigenvalue weighted by Crippen LogP contribution is -2.38. The molecule has 1 aliphatic heterocycles. The minimum atomic E-state index is -0.481. The summed E-state index contributed by atoms with van der Waals surface area (Å²) in [5, 5.41) is 0. The number of aliphatic imine (C=N–C) groups is 2. The lowest BCUT2D eigenvalue weighted by molar-refractivity contribution is -0.118. The highest BCUT2D eigenvalue weighted by Gasteiger charge is 2.49. The zero-order valence-electron chi connectivity index (χ0n) is 17.1. The molecule has 0 saturated heterocycles. The van der Waals surface area contributed by atoms with Crippen LogP contribution in [0.2, 0.25) is 0 Å². The molecule has 1 atom stereocenters. The molecular weight excluding hydrogens is 368 g/mol. The molecule has 3 heteroatoms. The Hall–Kier alpha value is -3.33. The first-order chi connectivity index (χ1) is 14.8. The molecule has 4 rings (SSSR count). The Morgan fingerprint density at radius 2 is 1.43 bits per heavy atom. The van der Waals surface area contributed by atoms with Crippen molar-refractivity contribution in [1.29, 1.82) is 0 Å². The van der Waals surface area contributed by atoms with Gasteiger partial charge in [0.25, 0.3) is 0 Å². The number of carbonyl (C=O) groups excluding carboxylic acids is 1. The largest absolute Gasteiger partial charge is 0.323 e. The van der Waals surface area contributed by atoms with Gasteiger partial charge in [-0.15, -0.1) is 0 Å². The number of carbonyl (C=O) groups is 1. The highest BCUT2D eigenvalue weighted by atomic mass is 16.1. The quantitative estimate of drug-likeness (QED) is 0.465. The van der Waals surface area contributed by atoms with E-state index in [1.54, 1.807) is 6.34 Å². The molecule has 1 unspecified atom stereocenters. The summed E-state index contributed by atoms with van der Waals surface area (Å²) in [4.78, 5) is 21.9. The number of unbranched alkanes of at least 4 members (excludes halogenated alkanes) is 1. The first kappa shape index (κ1) is 20.0. The molecule has 1 heterocycles. The van der Waals surface area contributed by atoms with Crippen molar-refractivity contribution in [1.82, 2.24) is 4.99 Å². The summed E-state index contributed by atoms with van der Waals surface area (Å²) in [7, 11) is 0. The summed E-state index contributed by atoms with van der Waals surface area (Å²) in [5.74, 6) is 0.293. The number of rotatable bonds is 9. The van der Waals surface area contributed by atoms with E-state index in [0.29, 0.717) is 18.6 Å². The maximum Gasteiger partial charge on any atom is 0.323 e. The van der Waals surface area contributed by atoms with Gasteiger partial charge >= 0.3 is 6.34 Å². The summed E-state index contributed by atoms with van der Waals surface area (Å²) in [6.45, 7) is 0. The summed E-state index contributed by atoms with van der Waals surface area (Å²) < 4.78 is 0. The molecule has 0 spiro atoms. The van der Waals surface area contributed by atoms with Crippen LogP contribution in [-0.2, 0) is 16.8 Å². The van der Waals surface area contributed by atoms with Crippen LogP contribution in [0, 0.1) is 0 Å². The fraction of sp³-hybridized carbons (Fsp3) is 0.222. The lowest BCUT2D eigenvalue weighted by Gasteiger charge is -2.21. The first-order valence-corrected chi connectivity index (χ1v) is 10.6. The van der Waals surface area contributed by atoms with E-state index in [2.05, 4.69) is 41.4 Å². The number of hydrogen-bond acceptors (Lipinski definition) is 3. The first-order valence-electron chi connectivity index (χ1n) is 10.6. The number of benzene rings is 3. The molecule has 30 heavy (non-hydrogen) atoms. The van der Waals surface area contributed by atoms with Gasteiger partial charge in [-0.25, -0.2) is 0 Å². The van der Waals surface area contributed by atoms with Crippen molar-refractivity contribution >= 4 is 17.8 Å². The van der Waals surface area contributed by atoms with Crippen LogP contribution in [0.4, 0.5) is 0 Å². The summed E-state index contributed by atoms with van der Waals surface area (Å²) in [6, 6.07) is 30.6. The third-order valence-electron chi connectivity index (χ3n) is 5.64. The maximum atomic E-state index is 12.4. The van der Waals surface area contributed by atoms with Crippen LogP contribution in [0.15, 0.2) is 96.0 Å². The van der Waals surface area contributed by atoms with Crippen molar-refractivity contribution in [3.05, 3.63) is 108 Å². The third kappa shape index (κ3) is 4.46. The van der Waals surface area contributed by atoms with Crippen molar-refractivity contribution in [2.45, 2.75) is 37.6 Å². The Morgan fingerprint density at radius 1 is 0.800 bits per heavy atom. The molecule has 0 bridgehead atoms. The zero-order valence-corrected chi connectivity index (χ0v) is 17.1. The van der Waals surface area contributed by atoms with Gasteiger partial charge in [-0.3, -0.25) is 4.79 Å². The molecule has 3 nitrogen and oxygen atoms in total. The molecule has 0 saturated carbocycles. The predicted octanol–water partition coefficient (Wildman–Crippen LogP) is 5.12. The molecule has 0 amide bonds. The van der Waals surface area contributed by atoms with E-state index in [1.807, 2.05) is 54.6 Å². The van der Waals surface area contributed by atoms with E-state index in [1.165, 1.54) is 0 Å². The van der Waals surface area contributed by atoms with Gasteiger partial charge in [0.1, 0.15) is 5.78 Å². The highest BCUT2D eigenvalue weighted by Crippen LogP contribution is 2.34. The predicted molar refractivity (Wildman–Crippen MR) is 123 cm³/mol. The number of ketones is 1. The minimum Gasteiger partial charge on any atom is -0.299 e. The smallest absolute Gasteiger partial charge is 0.299 e. The molecule has 0 aliphatic carbocycles. The van der Waals surface area contributed by atoms with Crippen LogP contribution >= 0.6 is 0 Å². The fourth-order valence-corrected chi connectivity index (χ4v) is 4.13. The highest BCUT2D eigenvalue weighted by molar-refractivity contribution is 6.13. The lowest BCUT2D eigenvalue weighted by atomic mass is 9.79. The second kappa shape index (κ2) is 9.45. The van der Waals surface area contributed by atoms with E-state index >= 15 is 0 Å². The molecule has 0 N–H and O–H groups in total. The van der Waals surface area contributed by atoms with E-state index in [9.17, 15) is 4.79 Å². The van der Waals surface area contributed by atoms with Gasteiger partial charge in [-0.1, -0.05) is 96.0 Å². The van der Waals surface area contributed by atoms with Gasteiger partial charge in [0.15, 0.2) is 0 Å². The van der Waals surface area contributed by atoms with Crippen LogP contribution in [0.1, 0.15) is 42.4 Å². The second-order valence-electron chi connectivity index (χ2n) is 7.72. The Kier molecular flexibility index (Phi) is 6.29. The Morgan fingerprint density at radius 3 is 2.13 bits per heavy atom. The van der Waals surface area contributed by atoms with Gasteiger partial charge in [0.2, 0.25) is 11.3 Å². The molecular formula is C27H26N2O+. The standard InChI is InChI=1S/C27H26N2O/c30-25(20-22-12-4-1-5-13-22)18-10-11-19-27(24-16-8-3-9-17-24)26(28-21-29-27)23-14-6-2-7-15-23/h1-9,12-17,21H,10-11,18-20H2/q+1. The molecule has 3 aromatic carbocycles. The second-order valence-corrected chi connectivity index (χ2v) is 7.72. The molecule has 0 fully saturated rings. The summed E-state index contributed by atoms with van der Waals surface area (Å²) in [6.07, 6.45) is 5.41. The monoisotopic (exact) mass is 394 g/mol. The van der Waals surface area contributed by atoms with Crippen LogP contribution in [0.3, 0.4) is 0 Å². The molecule has 3 aromatic rings. The zero-order chi connectivity index (χ0) is 20.7. The molecule has 1 aliphatic rings. The van der Waals surface area contributed by atoms with E-state index in [0.717, 1.165) is 41.7 Å². The molecule has 0 aromatic heterocycles. The average Bonchev–Trinajstić information content (AvgIpc) is 3.24. The average molecular weight is 395 g/mol. The van der Waals surface area contributed by atoms with Crippen molar-refractivity contribution in [2.75, 3.05) is 0 Å². The Bertz CT molecular complexity index is 1030. The van der Waals surface area contributed by atoms with Crippen molar-refractivity contribution in [3.63, 3.8) is 0 Å². The van der Waals surface area contributed by atoms with Crippen molar-refractivity contribution < 1.29 is 4.79 Å². The van der Waals surface area contributed by atoms with Crippen LogP contribution in [0.25, 0.3) is 0 Å². The number of Topliss-reactive ketones (excluding diaryl/α,β-unsaturated/α-hetero) is 1. The van der Waals surface area contributed by atoms with E-state index in [4.69, 9.17) is 4.99 Å². The number of nitrogens with zero attached hydrogens (tertiary/aromatic N) is 2. The maximum absolute atomic E-state index is 12.4. The van der Waals surface area contributed by atoms with Gasteiger partial charge < -0.3 is 0 Å².